The van der Waals surface area contributed by atoms with E-state index in [1.807, 2.05) is 98.8 Å². The maximum absolute atomic E-state index is 13.7. The van der Waals surface area contributed by atoms with Gasteiger partial charge in [-0.05, 0) is 72.9 Å². The zero-order valence-corrected chi connectivity index (χ0v) is 28.9. The second kappa shape index (κ2) is 20.9. The van der Waals surface area contributed by atoms with Crippen LogP contribution in [0, 0.1) is 11.8 Å². The molecule has 0 bridgehead atoms. The molecule has 1 aliphatic carbocycles. The third-order valence-electron chi connectivity index (χ3n) is 8.85. The molecule has 3 aromatic rings. The van der Waals surface area contributed by atoms with Crippen molar-refractivity contribution in [1.82, 2.24) is 0 Å². The molecule has 0 unspecified atom stereocenters. The number of ether oxygens (including phenoxy) is 7. The van der Waals surface area contributed by atoms with E-state index in [1.54, 1.807) is 14.2 Å². The predicted octanol–water partition coefficient (Wildman–Crippen LogP) is 7.69. The first-order valence-corrected chi connectivity index (χ1v) is 16.9. The summed E-state index contributed by atoms with van der Waals surface area (Å²) in [6.45, 7) is 6.01. The average molecular weight is 661 g/mol. The van der Waals surface area contributed by atoms with Crippen LogP contribution >= 0.6 is 0 Å². The number of ketones is 1. The molecule has 0 heterocycles. The minimum Gasteiger partial charge on any atom is -0.497 e. The van der Waals surface area contributed by atoms with Crippen molar-refractivity contribution in [2.75, 3.05) is 34.4 Å². The molecule has 0 spiro atoms. The van der Waals surface area contributed by atoms with Gasteiger partial charge in [0, 0.05) is 19.6 Å². The standard InChI is InChI=1S/C40H52O8/c1-30(23-35-17-20-38(39(24-35)43-4)48-29-46-27-33-13-9-6-10-14-33)40(41)31(2)37(47-28-45-26-32-11-7-5-8-12-32)21-22-44-25-34-15-18-36(42-3)19-16-34/h5-16,18-19,23,31,35,37-39H,17,20-22,24-29H2,1-4H3/b30-23+/t31-,35+,37+,38-,39-/m1/s1. The van der Waals surface area contributed by atoms with Gasteiger partial charge in [0.05, 0.1) is 45.2 Å². The van der Waals surface area contributed by atoms with Crippen LogP contribution in [0.15, 0.2) is 96.6 Å². The van der Waals surface area contributed by atoms with E-state index in [2.05, 4.69) is 6.08 Å². The lowest BCUT2D eigenvalue weighted by Crippen LogP contribution is -2.37. The van der Waals surface area contributed by atoms with Crippen LogP contribution in [0.3, 0.4) is 0 Å². The van der Waals surface area contributed by atoms with Gasteiger partial charge >= 0.3 is 0 Å². The molecule has 4 rings (SSSR count). The van der Waals surface area contributed by atoms with Gasteiger partial charge in [0.2, 0.25) is 0 Å². The molecular weight excluding hydrogens is 608 g/mol. The maximum atomic E-state index is 13.7. The van der Waals surface area contributed by atoms with Crippen LogP contribution in [0.2, 0.25) is 0 Å². The summed E-state index contributed by atoms with van der Waals surface area (Å²) >= 11 is 0. The van der Waals surface area contributed by atoms with E-state index in [0.29, 0.717) is 32.8 Å². The van der Waals surface area contributed by atoms with E-state index in [1.165, 1.54) is 0 Å². The predicted molar refractivity (Wildman–Crippen MR) is 185 cm³/mol. The molecule has 0 aromatic heterocycles. The molecule has 260 valence electrons. The summed E-state index contributed by atoms with van der Waals surface area (Å²) in [4.78, 5) is 13.7. The topological polar surface area (TPSA) is 81.7 Å². The van der Waals surface area contributed by atoms with Crippen LogP contribution in [0.1, 0.15) is 56.2 Å². The van der Waals surface area contributed by atoms with Crippen molar-refractivity contribution in [2.24, 2.45) is 11.8 Å². The first-order valence-electron chi connectivity index (χ1n) is 16.9. The minimum absolute atomic E-state index is 0.0445. The molecule has 0 saturated heterocycles. The maximum Gasteiger partial charge on any atom is 0.163 e. The van der Waals surface area contributed by atoms with Crippen LogP contribution in [0.25, 0.3) is 0 Å². The third-order valence-corrected chi connectivity index (χ3v) is 8.85. The summed E-state index contributed by atoms with van der Waals surface area (Å²) in [6.07, 6.45) is 4.72. The molecular formula is C40H52O8. The van der Waals surface area contributed by atoms with Crippen molar-refractivity contribution in [3.05, 3.63) is 113 Å². The fourth-order valence-corrected chi connectivity index (χ4v) is 6.01. The summed E-state index contributed by atoms with van der Waals surface area (Å²) in [7, 11) is 3.37. The normalized spacial score (nSPS) is 19.5. The van der Waals surface area contributed by atoms with Crippen LogP contribution in [0.4, 0.5) is 0 Å². The number of carbonyl (C=O) groups is 1. The zero-order valence-electron chi connectivity index (χ0n) is 28.9. The van der Waals surface area contributed by atoms with Crippen molar-refractivity contribution in [3.63, 3.8) is 0 Å². The molecule has 8 heteroatoms. The number of carbonyl (C=O) groups excluding carboxylic acids is 1. The third kappa shape index (κ3) is 12.6. The number of methoxy groups -OCH3 is 2. The van der Waals surface area contributed by atoms with E-state index < -0.39 is 0 Å². The molecule has 48 heavy (non-hydrogen) atoms. The van der Waals surface area contributed by atoms with E-state index in [9.17, 15) is 4.79 Å². The number of hydrogen-bond donors (Lipinski definition) is 0. The molecule has 0 radical (unpaired) electrons. The molecule has 1 saturated carbocycles. The molecule has 3 aromatic carbocycles. The van der Waals surface area contributed by atoms with Crippen LogP contribution in [0.5, 0.6) is 5.75 Å². The highest BCUT2D eigenvalue weighted by molar-refractivity contribution is 5.96. The highest BCUT2D eigenvalue weighted by Gasteiger charge is 2.32. The molecule has 1 fully saturated rings. The fraction of sp³-hybridized carbons (Fsp3) is 0.475. The Hall–Kier alpha value is -3.37. The minimum atomic E-state index is -0.370. The van der Waals surface area contributed by atoms with Gasteiger partial charge in [0.1, 0.15) is 19.3 Å². The lowest BCUT2D eigenvalue weighted by molar-refractivity contribution is -0.149. The smallest absolute Gasteiger partial charge is 0.163 e. The van der Waals surface area contributed by atoms with Gasteiger partial charge in [0.15, 0.2) is 5.78 Å². The Balaban J connectivity index is 1.27. The Morgan fingerprint density at radius 3 is 2.00 bits per heavy atom. The molecule has 0 aliphatic heterocycles. The second-order valence-electron chi connectivity index (χ2n) is 12.4. The number of allylic oxidation sites excluding steroid dienone is 2. The van der Waals surface area contributed by atoms with E-state index >= 15 is 0 Å². The van der Waals surface area contributed by atoms with E-state index in [-0.39, 0.29) is 49.5 Å². The molecule has 0 amide bonds. The van der Waals surface area contributed by atoms with Gasteiger partial charge < -0.3 is 33.2 Å². The molecule has 1 aliphatic rings. The number of benzene rings is 3. The number of rotatable bonds is 21. The van der Waals surface area contributed by atoms with E-state index in [0.717, 1.165) is 47.3 Å². The number of hydrogen-bond acceptors (Lipinski definition) is 8. The molecule has 0 N–H and O–H groups in total. The van der Waals surface area contributed by atoms with Crippen molar-refractivity contribution in [3.8, 4) is 5.75 Å². The van der Waals surface area contributed by atoms with Gasteiger partial charge in [-0.15, -0.1) is 0 Å². The average Bonchev–Trinajstić information content (AvgIpc) is 3.13. The summed E-state index contributed by atoms with van der Waals surface area (Å²) in [6, 6.07) is 27.8. The highest BCUT2D eigenvalue weighted by Crippen LogP contribution is 2.31. The Kier molecular flexibility index (Phi) is 16.3. The van der Waals surface area contributed by atoms with Gasteiger partial charge in [-0.1, -0.05) is 85.8 Å². The largest absolute Gasteiger partial charge is 0.497 e. The quantitative estimate of drug-likeness (QED) is 0.0654. The molecule has 5 atom stereocenters. The first kappa shape index (κ1) is 37.4. The van der Waals surface area contributed by atoms with Crippen molar-refractivity contribution in [2.45, 2.75) is 77.7 Å². The Morgan fingerprint density at radius 2 is 1.38 bits per heavy atom. The second-order valence-corrected chi connectivity index (χ2v) is 12.4. The SMILES string of the molecule is COc1ccc(COCC[C@H](OCOCc2ccccc2)[C@@H](C)C(=O)/C(C)=C/[C@@H]2CC[C@@H](OCOCc3ccccc3)[C@H](OC)C2)cc1. The summed E-state index contributed by atoms with van der Waals surface area (Å²) in [5, 5.41) is 0. The van der Waals surface area contributed by atoms with E-state index in [4.69, 9.17) is 33.2 Å². The summed E-state index contributed by atoms with van der Waals surface area (Å²) in [5.74, 6) is 0.727. The highest BCUT2D eigenvalue weighted by atomic mass is 16.7. The lowest BCUT2D eigenvalue weighted by atomic mass is 9.82. The molecule has 8 nitrogen and oxygen atoms in total. The number of Topliss-reactive ketones (excluding diaryl/α,β-unsaturated/α-hetero) is 1. The lowest BCUT2D eigenvalue weighted by Gasteiger charge is -2.34. The Bertz CT molecular complexity index is 1340. The van der Waals surface area contributed by atoms with Gasteiger partial charge in [-0.3, -0.25) is 4.79 Å². The fourth-order valence-electron chi connectivity index (χ4n) is 6.01. The Labute approximate surface area is 286 Å². The van der Waals surface area contributed by atoms with Gasteiger partial charge in [0.25, 0.3) is 0 Å². The van der Waals surface area contributed by atoms with Crippen LogP contribution < -0.4 is 4.74 Å². The van der Waals surface area contributed by atoms with Crippen molar-refractivity contribution in [1.29, 1.82) is 0 Å². The summed E-state index contributed by atoms with van der Waals surface area (Å²) < 4.78 is 40.8. The first-order chi connectivity index (χ1) is 23.5. The van der Waals surface area contributed by atoms with Gasteiger partial charge in [-0.25, -0.2) is 0 Å². The zero-order chi connectivity index (χ0) is 34.0. The summed E-state index contributed by atoms with van der Waals surface area (Å²) in [5.41, 5.74) is 3.97. The van der Waals surface area contributed by atoms with Crippen molar-refractivity contribution < 1.29 is 38.0 Å². The van der Waals surface area contributed by atoms with Crippen LogP contribution in [-0.2, 0) is 53.0 Å². The van der Waals surface area contributed by atoms with Crippen LogP contribution in [-0.4, -0.2) is 58.5 Å². The van der Waals surface area contributed by atoms with Gasteiger partial charge in [-0.2, -0.15) is 0 Å². The Morgan fingerprint density at radius 1 is 0.771 bits per heavy atom. The monoisotopic (exact) mass is 660 g/mol. The van der Waals surface area contributed by atoms with Crippen molar-refractivity contribution >= 4 is 5.78 Å².